The molecular formula is C13H18F2N2O3. The zero-order valence-electron chi connectivity index (χ0n) is 11.1. The molecule has 0 aliphatic rings. The summed E-state index contributed by atoms with van der Waals surface area (Å²) in [5.74, 6) is -0.449. The van der Waals surface area contributed by atoms with Crippen LogP contribution < -0.4 is 15.8 Å². The summed E-state index contributed by atoms with van der Waals surface area (Å²) in [6.07, 6.45) is 0.562. The maximum atomic E-state index is 12.1. The topological polar surface area (TPSA) is 73.6 Å². The lowest BCUT2D eigenvalue weighted by Crippen LogP contribution is -2.39. The number of nitrogens with two attached hydrogens (primary N) is 1. The second kappa shape index (κ2) is 8.44. The van der Waals surface area contributed by atoms with Crippen molar-refractivity contribution in [1.29, 1.82) is 0 Å². The highest BCUT2D eigenvalue weighted by Gasteiger charge is 2.14. The van der Waals surface area contributed by atoms with Gasteiger partial charge in [0.25, 0.3) is 5.91 Å². The second-order valence-corrected chi connectivity index (χ2v) is 4.11. The fourth-order valence-electron chi connectivity index (χ4n) is 1.68. The Balaban J connectivity index is 2.70. The minimum atomic E-state index is -2.92. The number of hydrogen-bond acceptors (Lipinski definition) is 4. The van der Waals surface area contributed by atoms with Gasteiger partial charge in [-0.1, -0.05) is 6.07 Å². The van der Waals surface area contributed by atoms with E-state index in [1.807, 2.05) is 0 Å². The average molecular weight is 288 g/mol. The van der Waals surface area contributed by atoms with Crippen LogP contribution >= 0.6 is 0 Å². The summed E-state index contributed by atoms with van der Waals surface area (Å²) < 4.78 is 33.4. The van der Waals surface area contributed by atoms with Gasteiger partial charge in [-0.2, -0.15) is 8.78 Å². The molecule has 1 rings (SSSR count). The molecule has 0 fully saturated rings. The van der Waals surface area contributed by atoms with Crippen LogP contribution in [0, 0.1) is 0 Å². The molecule has 5 nitrogen and oxygen atoms in total. The summed E-state index contributed by atoms with van der Waals surface area (Å²) >= 11 is 0. The number of benzene rings is 1. The monoisotopic (exact) mass is 288 g/mol. The number of alkyl halides is 2. The number of amides is 1. The molecule has 0 saturated heterocycles. The van der Waals surface area contributed by atoms with Gasteiger partial charge in [0, 0.05) is 12.7 Å². The molecule has 0 saturated carbocycles. The Kier molecular flexibility index (Phi) is 6.89. The van der Waals surface area contributed by atoms with E-state index in [9.17, 15) is 13.6 Å². The zero-order valence-corrected chi connectivity index (χ0v) is 11.1. The van der Waals surface area contributed by atoms with Crippen LogP contribution in [0.1, 0.15) is 16.8 Å². The van der Waals surface area contributed by atoms with Crippen molar-refractivity contribution in [2.75, 3.05) is 20.3 Å². The predicted octanol–water partition coefficient (Wildman–Crippen LogP) is 1.38. The van der Waals surface area contributed by atoms with Crippen molar-refractivity contribution < 1.29 is 23.0 Å². The minimum absolute atomic E-state index is 0.0604. The van der Waals surface area contributed by atoms with Gasteiger partial charge in [-0.3, -0.25) is 4.79 Å². The van der Waals surface area contributed by atoms with Gasteiger partial charge in [0.2, 0.25) is 0 Å². The maximum Gasteiger partial charge on any atom is 0.387 e. The third-order valence-corrected chi connectivity index (χ3v) is 2.54. The van der Waals surface area contributed by atoms with Crippen LogP contribution in [0.25, 0.3) is 0 Å². The Labute approximate surface area is 116 Å². The van der Waals surface area contributed by atoms with E-state index in [1.165, 1.54) is 31.4 Å². The molecule has 0 radical (unpaired) electrons. The van der Waals surface area contributed by atoms with Gasteiger partial charge in [0.15, 0.2) is 0 Å². The van der Waals surface area contributed by atoms with Crippen molar-refractivity contribution in [3.8, 4) is 5.75 Å². The van der Waals surface area contributed by atoms with Gasteiger partial charge in [-0.15, -0.1) is 0 Å². The lowest BCUT2D eigenvalue weighted by atomic mass is 10.1. The van der Waals surface area contributed by atoms with Crippen molar-refractivity contribution in [2.45, 2.75) is 19.1 Å². The smallest absolute Gasteiger partial charge is 0.387 e. The quantitative estimate of drug-likeness (QED) is 0.758. The van der Waals surface area contributed by atoms with E-state index in [0.717, 1.165) is 0 Å². The summed E-state index contributed by atoms with van der Waals surface area (Å²) in [5, 5.41) is 2.73. The zero-order chi connectivity index (χ0) is 15.0. The first kappa shape index (κ1) is 16.3. The number of nitrogens with one attached hydrogen (secondary N) is 1. The molecule has 0 bridgehead atoms. The molecule has 0 aromatic heterocycles. The molecule has 1 aromatic rings. The number of carbonyl (C=O) groups excluding carboxylic acids is 1. The summed E-state index contributed by atoms with van der Waals surface area (Å²) in [4.78, 5) is 12.0. The highest BCUT2D eigenvalue weighted by Crippen LogP contribution is 2.16. The molecule has 1 amide bonds. The first-order valence-electron chi connectivity index (χ1n) is 6.11. The number of carbonyl (C=O) groups is 1. The third-order valence-electron chi connectivity index (χ3n) is 2.54. The number of ether oxygens (including phenoxy) is 2. The van der Waals surface area contributed by atoms with Crippen LogP contribution in [0.4, 0.5) is 8.78 Å². The first-order valence-corrected chi connectivity index (χ1v) is 6.11. The highest BCUT2D eigenvalue weighted by atomic mass is 19.3. The standard InChI is InChI=1S/C13H18F2N2O3/c1-19-8-10(5-6-16)17-12(18)9-3-2-4-11(7-9)20-13(14)15/h2-4,7,10,13H,5-6,8,16H2,1H3,(H,17,18). The molecule has 0 spiro atoms. The van der Waals surface area contributed by atoms with Crippen LogP contribution in [0.15, 0.2) is 24.3 Å². The van der Waals surface area contributed by atoms with Gasteiger partial charge < -0.3 is 20.5 Å². The molecule has 3 N–H and O–H groups in total. The normalized spacial score (nSPS) is 12.2. The van der Waals surface area contributed by atoms with Crippen molar-refractivity contribution in [3.05, 3.63) is 29.8 Å². The predicted molar refractivity (Wildman–Crippen MR) is 69.9 cm³/mol. The van der Waals surface area contributed by atoms with Gasteiger partial charge in [0.1, 0.15) is 5.75 Å². The van der Waals surface area contributed by atoms with Gasteiger partial charge >= 0.3 is 6.61 Å². The van der Waals surface area contributed by atoms with Gasteiger partial charge in [-0.05, 0) is 31.2 Å². The van der Waals surface area contributed by atoms with E-state index in [1.54, 1.807) is 0 Å². The summed E-state index contributed by atoms with van der Waals surface area (Å²) in [7, 11) is 1.52. The molecule has 0 heterocycles. The molecule has 7 heteroatoms. The lowest BCUT2D eigenvalue weighted by molar-refractivity contribution is -0.0498. The summed E-state index contributed by atoms with van der Waals surface area (Å²) in [5.41, 5.74) is 5.68. The molecule has 1 unspecified atom stereocenters. The number of methoxy groups -OCH3 is 1. The van der Waals surface area contributed by atoms with Crippen molar-refractivity contribution in [3.63, 3.8) is 0 Å². The van der Waals surface area contributed by atoms with Crippen LogP contribution in [-0.4, -0.2) is 38.8 Å². The molecule has 0 aliphatic heterocycles. The van der Waals surface area contributed by atoms with Crippen LogP contribution in [0.3, 0.4) is 0 Å². The fraction of sp³-hybridized carbons (Fsp3) is 0.462. The van der Waals surface area contributed by atoms with E-state index in [2.05, 4.69) is 10.1 Å². The molecule has 0 aliphatic carbocycles. The Hall–Kier alpha value is -1.73. The maximum absolute atomic E-state index is 12.1. The van der Waals surface area contributed by atoms with Crippen LogP contribution in [0.5, 0.6) is 5.75 Å². The average Bonchev–Trinajstić information content (AvgIpc) is 2.38. The number of rotatable bonds is 8. The highest BCUT2D eigenvalue weighted by molar-refractivity contribution is 5.94. The largest absolute Gasteiger partial charge is 0.435 e. The Morgan fingerprint density at radius 3 is 2.80 bits per heavy atom. The third kappa shape index (κ3) is 5.50. The Morgan fingerprint density at radius 2 is 2.20 bits per heavy atom. The summed E-state index contributed by atoms with van der Waals surface area (Å²) in [6, 6.07) is 5.38. The van der Waals surface area contributed by atoms with E-state index in [0.29, 0.717) is 19.6 Å². The Bertz CT molecular complexity index is 424. The molecule has 1 atom stereocenters. The van der Waals surface area contributed by atoms with Crippen molar-refractivity contribution in [1.82, 2.24) is 5.32 Å². The second-order valence-electron chi connectivity index (χ2n) is 4.11. The fourth-order valence-corrected chi connectivity index (χ4v) is 1.68. The van der Waals surface area contributed by atoms with E-state index < -0.39 is 6.61 Å². The van der Waals surface area contributed by atoms with Crippen molar-refractivity contribution in [2.24, 2.45) is 5.73 Å². The minimum Gasteiger partial charge on any atom is -0.435 e. The van der Waals surface area contributed by atoms with Gasteiger partial charge in [0.05, 0.1) is 12.6 Å². The number of hydrogen-bond donors (Lipinski definition) is 2. The summed E-state index contributed by atoms with van der Waals surface area (Å²) in [6.45, 7) is -2.19. The van der Waals surface area contributed by atoms with Crippen molar-refractivity contribution >= 4 is 5.91 Å². The molecule has 1 aromatic carbocycles. The lowest BCUT2D eigenvalue weighted by Gasteiger charge is -2.17. The molecular weight excluding hydrogens is 270 g/mol. The van der Waals surface area contributed by atoms with E-state index in [4.69, 9.17) is 10.5 Å². The van der Waals surface area contributed by atoms with Crippen LogP contribution in [0.2, 0.25) is 0 Å². The number of halogens is 2. The Morgan fingerprint density at radius 1 is 1.45 bits per heavy atom. The van der Waals surface area contributed by atoms with Gasteiger partial charge in [-0.25, -0.2) is 0 Å². The van der Waals surface area contributed by atoms with E-state index >= 15 is 0 Å². The SMILES string of the molecule is COCC(CCN)NC(=O)c1cccc(OC(F)F)c1. The van der Waals surface area contributed by atoms with E-state index in [-0.39, 0.29) is 23.3 Å². The molecule has 112 valence electrons. The van der Waals surface area contributed by atoms with Crippen LogP contribution in [-0.2, 0) is 4.74 Å². The first-order chi connectivity index (χ1) is 9.56. The molecule has 20 heavy (non-hydrogen) atoms.